The summed E-state index contributed by atoms with van der Waals surface area (Å²) in [7, 11) is 0. The van der Waals surface area contributed by atoms with E-state index >= 15 is 0 Å². The lowest BCUT2D eigenvalue weighted by Gasteiger charge is -2.17. The molecule has 2 aromatic heterocycles. The number of halogens is 1. The van der Waals surface area contributed by atoms with Gasteiger partial charge >= 0.3 is 0 Å². The van der Waals surface area contributed by atoms with Crippen LogP contribution in [-0.2, 0) is 6.54 Å². The molecular formula is C19H19ClN4O. The van der Waals surface area contributed by atoms with Crippen LogP contribution < -0.4 is 0 Å². The van der Waals surface area contributed by atoms with Crippen LogP contribution >= 0.6 is 11.6 Å². The highest BCUT2D eigenvalue weighted by molar-refractivity contribution is 6.30. The molecule has 6 heteroatoms. The maximum atomic E-state index is 12.7. The number of fused-ring (bicyclic) bond motifs is 1. The van der Waals surface area contributed by atoms with E-state index in [1.54, 1.807) is 18.3 Å². The number of benzene rings is 1. The second kappa shape index (κ2) is 6.48. The van der Waals surface area contributed by atoms with E-state index in [9.17, 15) is 4.79 Å². The largest absolute Gasteiger partial charge is 0.338 e. The lowest BCUT2D eigenvalue weighted by atomic mass is 10.1. The van der Waals surface area contributed by atoms with Crippen molar-refractivity contribution in [1.29, 1.82) is 0 Å². The highest BCUT2D eigenvalue weighted by Gasteiger charge is 2.31. The Balaban J connectivity index is 1.59. The Morgan fingerprint density at radius 3 is 3.00 bits per heavy atom. The summed E-state index contributed by atoms with van der Waals surface area (Å²) in [5.41, 5.74) is 2.47. The van der Waals surface area contributed by atoms with Gasteiger partial charge in [0, 0.05) is 42.3 Å². The highest BCUT2D eigenvalue weighted by atomic mass is 35.5. The Bertz CT molecular complexity index is 936. The van der Waals surface area contributed by atoms with E-state index in [0.717, 1.165) is 36.5 Å². The number of carbonyl (C=O) groups excluding carboxylic acids is 1. The van der Waals surface area contributed by atoms with Crippen LogP contribution in [0, 0.1) is 0 Å². The number of pyridine rings is 1. The van der Waals surface area contributed by atoms with Gasteiger partial charge in [0.05, 0.1) is 0 Å². The van der Waals surface area contributed by atoms with Gasteiger partial charge in [0.15, 0.2) is 5.65 Å². The van der Waals surface area contributed by atoms with Gasteiger partial charge in [-0.25, -0.2) is 9.97 Å². The van der Waals surface area contributed by atoms with E-state index in [1.807, 2.05) is 29.2 Å². The van der Waals surface area contributed by atoms with Crippen molar-refractivity contribution in [1.82, 2.24) is 19.4 Å². The van der Waals surface area contributed by atoms with Gasteiger partial charge in [-0.05, 0) is 43.7 Å². The number of rotatable bonds is 3. The minimum Gasteiger partial charge on any atom is -0.338 e. The molecule has 3 heterocycles. The average Bonchev–Trinajstić information content (AvgIpc) is 3.25. The first kappa shape index (κ1) is 16.1. The SMILES string of the molecule is CCn1c([C@H]2CCN(C(=O)c3cccc(Cl)c3)C2)nc2cccnc21. The molecule has 0 spiro atoms. The van der Waals surface area contributed by atoms with E-state index in [4.69, 9.17) is 16.6 Å². The van der Waals surface area contributed by atoms with Crippen LogP contribution in [0.15, 0.2) is 42.6 Å². The van der Waals surface area contributed by atoms with Crippen LogP contribution in [0.1, 0.15) is 35.4 Å². The zero-order valence-corrected chi connectivity index (χ0v) is 14.8. The van der Waals surface area contributed by atoms with Crippen LogP contribution in [0.2, 0.25) is 5.02 Å². The maximum Gasteiger partial charge on any atom is 0.253 e. The Hall–Kier alpha value is -2.40. The van der Waals surface area contributed by atoms with Crippen molar-refractivity contribution in [2.45, 2.75) is 25.8 Å². The van der Waals surface area contributed by atoms with Crippen molar-refractivity contribution in [2.75, 3.05) is 13.1 Å². The van der Waals surface area contributed by atoms with Crippen molar-refractivity contribution in [2.24, 2.45) is 0 Å². The van der Waals surface area contributed by atoms with Gasteiger partial charge in [-0.2, -0.15) is 0 Å². The summed E-state index contributed by atoms with van der Waals surface area (Å²) >= 11 is 6.01. The fourth-order valence-corrected chi connectivity index (χ4v) is 3.75. The number of aromatic nitrogens is 3. The molecule has 3 aromatic rings. The number of aryl methyl sites for hydroxylation is 1. The molecule has 0 N–H and O–H groups in total. The summed E-state index contributed by atoms with van der Waals surface area (Å²) in [6, 6.07) is 11.0. The first-order chi connectivity index (χ1) is 12.2. The topological polar surface area (TPSA) is 51.0 Å². The number of amides is 1. The Morgan fingerprint density at radius 2 is 2.20 bits per heavy atom. The van der Waals surface area contributed by atoms with Gasteiger partial charge in [0.25, 0.3) is 5.91 Å². The molecule has 5 nitrogen and oxygen atoms in total. The van der Waals surface area contributed by atoms with Gasteiger partial charge in [-0.3, -0.25) is 4.79 Å². The molecule has 4 rings (SSSR count). The minimum absolute atomic E-state index is 0.0299. The van der Waals surface area contributed by atoms with Crippen molar-refractivity contribution in [3.63, 3.8) is 0 Å². The Morgan fingerprint density at radius 1 is 1.32 bits per heavy atom. The van der Waals surface area contributed by atoms with Gasteiger partial charge in [-0.1, -0.05) is 17.7 Å². The van der Waals surface area contributed by atoms with Gasteiger partial charge in [0.2, 0.25) is 0 Å². The highest BCUT2D eigenvalue weighted by Crippen LogP contribution is 2.30. The Labute approximate surface area is 151 Å². The fourth-order valence-electron chi connectivity index (χ4n) is 3.56. The van der Waals surface area contributed by atoms with Crippen molar-refractivity contribution >= 4 is 28.7 Å². The van der Waals surface area contributed by atoms with E-state index < -0.39 is 0 Å². The van der Waals surface area contributed by atoms with E-state index in [2.05, 4.69) is 16.5 Å². The molecule has 25 heavy (non-hydrogen) atoms. The number of hydrogen-bond acceptors (Lipinski definition) is 3. The lowest BCUT2D eigenvalue weighted by Crippen LogP contribution is -2.28. The van der Waals surface area contributed by atoms with Crippen molar-refractivity contribution in [3.8, 4) is 0 Å². The first-order valence-electron chi connectivity index (χ1n) is 8.53. The third-order valence-electron chi connectivity index (χ3n) is 4.76. The molecule has 1 aromatic carbocycles. The number of carbonyl (C=O) groups is 1. The van der Waals surface area contributed by atoms with Crippen LogP contribution in [0.4, 0.5) is 0 Å². The zero-order chi connectivity index (χ0) is 17.4. The molecule has 0 bridgehead atoms. The summed E-state index contributed by atoms with van der Waals surface area (Å²) in [5.74, 6) is 1.29. The molecule has 0 unspecified atom stereocenters. The first-order valence-corrected chi connectivity index (χ1v) is 8.91. The normalized spacial score (nSPS) is 17.4. The van der Waals surface area contributed by atoms with Crippen molar-refractivity contribution in [3.05, 3.63) is 59.0 Å². The number of imidazole rings is 1. The van der Waals surface area contributed by atoms with Gasteiger partial charge in [0.1, 0.15) is 11.3 Å². The standard InChI is InChI=1S/C19H19ClN4O/c1-2-24-17(22-16-7-4-9-21-18(16)24)14-8-10-23(12-14)19(25)13-5-3-6-15(20)11-13/h3-7,9,11,14H,2,8,10,12H2,1H3/t14-/m0/s1. The van der Waals surface area contributed by atoms with Gasteiger partial charge in [-0.15, -0.1) is 0 Å². The van der Waals surface area contributed by atoms with Crippen LogP contribution in [0.3, 0.4) is 0 Å². The van der Waals surface area contributed by atoms with Gasteiger partial charge < -0.3 is 9.47 Å². The number of hydrogen-bond donors (Lipinski definition) is 0. The molecule has 0 radical (unpaired) electrons. The molecule has 0 saturated carbocycles. The lowest BCUT2D eigenvalue weighted by molar-refractivity contribution is 0.0790. The number of nitrogens with zero attached hydrogens (tertiary/aromatic N) is 4. The summed E-state index contributed by atoms with van der Waals surface area (Å²) in [4.78, 5) is 23.9. The second-order valence-electron chi connectivity index (χ2n) is 6.31. The molecule has 1 aliphatic heterocycles. The minimum atomic E-state index is 0.0299. The predicted molar refractivity (Wildman–Crippen MR) is 97.9 cm³/mol. The molecule has 1 atom stereocenters. The van der Waals surface area contributed by atoms with Crippen LogP contribution in [0.25, 0.3) is 11.2 Å². The zero-order valence-electron chi connectivity index (χ0n) is 14.0. The van der Waals surface area contributed by atoms with Crippen LogP contribution in [0.5, 0.6) is 0 Å². The Kier molecular flexibility index (Phi) is 4.17. The van der Waals surface area contributed by atoms with Crippen LogP contribution in [-0.4, -0.2) is 38.4 Å². The molecule has 128 valence electrons. The fraction of sp³-hybridized carbons (Fsp3) is 0.316. The summed E-state index contributed by atoms with van der Waals surface area (Å²) in [5, 5.41) is 0.584. The maximum absolute atomic E-state index is 12.7. The van der Waals surface area contributed by atoms with E-state index in [1.165, 1.54) is 0 Å². The summed E-state index contributed by atoms with van der Waals surface area (Å²) < 4.78 is 2.16. The van der Waals surface area contributed by atoms with E-state index in [0.29, 0.717) is 17.1 Å². The predicted octanol–water partition coefficient (Wildman–Crippen LogP) is 3.73. The third kappa shape index (κ3) is 2.89. The quantitative estimate of drug-likeness (QED) is 0.720. The summed E-state index contributed by atoms with van der Waals surface area (Å²) in [6.45, 7) is 4.33. The van der Waals surface area contributed by atoms with Crippen molar-refractivity contribution < 1.29 is 4.79 Å². The smallest absolute Gasteiger partial charge is 0.253 e. The average molecular weight is 355 g/mol. The second-order valence-corrected chi connectivity index (χ2v) is 6.74. The molecule has 0 aliphatic carbocycles. The molecule has 1 saturated heterocycles. The molecule has 1 amide bonds. The molecular weight excluding hydrogens is 336 g/mol. The molecule has 1 aliphatic rings. The van der Waals surface area contributed by atoms with E-state index in [-0.39, 0.29) is 11.8 Å². The third-order valence-corrected chi connectivity index (χ3v) is 5.00. The number of likely N-dealkylation sites (tertiary alicyclic amines) is 1. The molecule has 1 fully saturated rings. The monoisotopic (exact) mass is 354 g/mol. The summed E-state index contributed by atoms with van der Waals surface area (Å²) in [6.07, 6.45) is 2.71.